The van der Waals surface area contributed by atoms with Crippen molar-refractivity contribution in [2.45, 2.75) is 100.0 Å². The molecule has 0 aliphatic rings. The Labute approximate surface area is 256 Å². The summed E-state index contributed by atoms with van der Waals surface area (Å²) in [6.45, 7) is 23.4. The Bertz CT molecular complexity index is 1240. The summed E-state index contributed by atoms with van der Waals surface area (Å²) in [7, 11) is 0. The zero-order chi connectivity index (χ0) is 30.8. The quantitative estimate of drug-likeness (QED) is 0.207. The van der Waals surface area contributed by atoms with Gasteiger partial charge in [0.1, 0.15) is 0 Å². The molecule has 0 saturated carbocycles. The standard InChI is InChI=1S/C34H42N2S.2C2H6/c1-7-13-29(18-11-16-27-15-10-14-25(4)20-27)32(9-3)34(6,36-26(5)8-2)33-22-31(24-37-33)30-19-12-17-28(21-30)23-35;2*1-2/h8-10,12,14-15,17,19-22,24,29,32,36H,3,7,11,13,16,18H2,1-2,4-6H3;2*1-2H3. The number of hydrogen-bond acceptors (Lipinski definition) is 3. The third-order valence-electron chi connectivity index (χ3n) is 7.54. The number of nitrogens with zero attached hydrogens (tertiary/aromatic N) is 1. The molecule has 0 fully saturated rings. The van der Waals surface area contributed by atoms with Crippen LogP contribution < -0.4 is 5.32 Å². The molecule has 0 saturated heterocycles. The Morgan fingerprint density at radius 1 is 1.05 bits per heavy atom. The third-order valence-corrected chi connectivity index (χ3v) is 8.70. The lowest BCUT2D eigenvalue weighted by molar-refractivity contribution is 0.198. The molecule has 2 aromatic carbocycles. The van der Waals surface area contributed by atoms with E-state index in [1.807, 2.05) is 45.9 Å². The van der Waals surface area contributed by atoms with Crippen molar-refractivity contribution in [1.82, 2.24) is 5.32 Å². The van der Waals surface area contributed by atoms with E-state index in [1.54, 1.807) is 11.3 Å². The molecule has 3 unspecified atom stereocenters. The highest BCUT2D eigenvalue weighted by Gasteiger charge is 2.39. The number of allylic oxidation sites excluding steroid dienone is 2. The maximum atomic E-state index is 9.37. The molecule has 41 heavy (non-hydrogen) atoms. The minimum Gasteiger partial charge on any atom is -0.378 e. The molecule has 0 radical (unpaired) electrons. The summed E-state index contributed by atoms with van der Waals surface area (Å²) in [6.07, 6.45) is 10.1. The topological polar surface area (TPSA) is 35.8 Å². The minimum atomic E-state index is -0.280. The molecule has 0 amide bonds. The molecule has 1 heterocycles. The second-order valence-electron chi connectivity index (χ2n) is 10.4. The predicted octanol–water partition coefficient (Wildman–Crippen LogP) is 11.6. The van der Waals surface area contributed by atoms with E-state index in [4.69, 9.17) is 0 Å². The van der Waals surface area contributed by atoms with Crippen molar-refractivity contribution in [3.05, 3.63) is 106 Å². The van der Waals surface area contributed by atoms with Crippen LogP contribution in [0.4, 0.5) is 0 Å². The monoisotopic (exact) mass is 570 g/mol. The number of aryl methyl sites for hydroxylation is 2. The average molecular weight is 571 g/mol. The van der Waals surface area contributed by atoms with Crippen molar-refractivity contribution < 1.29 is 0 Å². The van der Waals surface area contributed by atoms with Gasteiger partial charge in [-0.2, -0.15) is 5.26 Å². The lowest BCUT2D eigenvalue weighted by atomic mass is 9.72. The molecule has 222 valence electrons. The molecule has 3 rings (SSSR count). The highest BCUT2D eigenvalue weighted by Crippen LogP contribution is 2.43. The molecule has 1 N–H and O–H groups in total. The lowest BCUT2D eigenvalue weighted by Crippen LogP contribution is -2.46. The van der Waals surface area contributed by atoms with E-state index in [0.29, 0.717) is 11.5 Å². The van der Waals surface area contributed by atoms with Crippen LogP contribution in [0.25, 0.3) is 11.1 Å². The summed E-state index contributed by atoms with van der Waals surface area (Å²) in [5.41, 5.74) is 6.60. The first kappa shape index (κ1) is 35.9. The largest absolute Gasteiger partial charge is 0.378 e. The van der Waals surface area contributed by atoms with Gasteiger partial charge in [0.2, 0.25) is 0 Å². The molecule has 2 nitrogen and oxygen atoms in total. The van der Waals surface area contributed by atoms with Crippen LogP contribution >= 0.6 is 11.3 Å². The smallest absolute Gasteiger partial charge is 0.0991 e. The highest BCUT2D eigenvalue weighted by molar-refractivity contribution is 7.10. The second kappa shape index (κ2) is 19.1. The first-order valence-corrected chi connectivity index (χ1v) is 16.4. The van der Waals surface area contributed by atoms with Gasteiger partial charge in [0.15, 0.2) is 0 Å². The number of rotatable bonds is 13. The van der Waals surface area contributed by atoms with Gasteiger partial charge in [-0.25, -0.2) is 0 Å². The van der Waals surface area contributed by atoms with Crippen LogP contribution in [-0.2, 0) is 12.0 Å². The fourth-order valence-corrected chi connectivity index (χ4v) is 6.61. The van der Waals surface area contributed by atoms with E-state index in [1.165, 1.54) is 41.0 Å². The molecule has 3 atom stereocenters. The molecule has 0 aliphatic carbocycles. The molecule has 3 heteroatoms. The molecule has 0 bridgehead atoms. The zero-order valence-corrected chi connectivity index (χ0v) is 28.0. The van der Waals surface area contributed by atoms with Crippen LogP contribution in [0.3, 0.4) is 0 Å². The maximum Gasteiger partial charge on any atom is 0.0991 e. The van der Waals surface area contributed by atoms with Crippen LogP contribution in [-0.4, -0.2) is 0 Å². The van der Waals surface area contributed by atoms with Crippen LogP contribution in [0.2, 0.25) is 0 Å². The fourth-order valence-electron chi connectivity index (χ4n) is 5.53. The Balaban J connectivity index is 0.00000201. The summed E-state index contributed by atoms with van der Waals surface area (Å²) < 4.78 is 0. The molecule has 3 aromatic rings. The van der Waals surface area contributed by atoms with E-state index >= 15 is 0 Å². The van der Waals surface area contributed by atoms with E-state index in [9.17, 15) is 5.26 Å². The molecule has 0 spiro atoms. The summed E-state index contributed by atoms with van der Waals surface area (Å²) >= 11 is 1.80. The van der Waals surface area contributed by atoms with Gasteiger partial charge in [0.25, 0.3) is 0 Å². The summed E-state index contributed by atoms with van der Waals surface area (Å²) in [6, 6.07) is 21.4. The van der Waals surface area contributed by atoms with E-state index in [2.05, 4.69) is 107 Å². The number of nitrogens with one attached hydrogen (secondary N) is 1. The normalized spacial score (nSPS) is 13.7. The van der Waals surface area contributed by atoms with Crippen molar-refractivity contribution >= 4 is 11.3 Å². The molecular formula is C38H54N2S. The van der Waals surface area contributed by atoms with Crippen LogP contribution in [0.15, 0.2) is 84.4 Å². The average Bonchev–Trinajstić information content (AvgIpc) is 3.51. The second-order valence-corrected chi connectivity index (χ2v) is 11.3. The van der Waals surface area contributed by atoms with Gasteiger partial charge < -0.3 is 5.32 Å². The number of thiophene rings is 1. The number of hydrogen-bond donors (Lipinski definition) is 1. The Hall–Kier alpha value is -3.09. The number of benzene rings is 2. The maximum absolute atomic E-state index is 9.37. The third kappa shape index (κ3) is 10.4. The molecule has 0 aliphatic heterocycles. The first-order chi connectivity index (χ1) is 19.8. The van der Waals surface area contributed by atoms with Gasteiger partial charge in [0.05, 0.1) is 17.2 Å². The van der Waals surface area contributed by atoms with Crippen molar-refractivity contribution in [1.29, 1.82) is 5.26 Å². The van der Waals surface area contributed by atoms with Gasteiger partial charge in [0, 0.05) is 16.5 Å². The molecule has 1 aromatic heterocycles. The van der Waals surface area contributed by atoms with E-state index in [-0.39, 0.29) is 11.5 Å². The van der Waals surface area contributed by atoms with Crippen LogP contribution in [0, 0.1) is 30.1 Å². The van der Waals surface area contributed by atoms with E-state index < -0.39 is 0 Å². The summed E-state index contributed by atoms with van der Waals surface area (Å²) in [5, 5.41) is 15.5. The first-order valence-electron chi connectivity index (χ1n) is 15.5. The van der Waals surface area contributed by atoms with Gasteiger partial charge in [-0.1, -0.05) is 102 Å². The summed E-state index contributed by atoms with van der Waals surface area (Å²) in [4.78, 5) is 1.30. The van der Waals surface area contributed by atoms with Gasteiger partial charge in [-0.05, 0) is 93.1 Å². The Morgan fingerprint density at radius 2 is 1.76 bits per heavy atom. The van der Waals surface area contributed by atoms with Crippen molar-refractivity contribution in [3.63, 3.8) is 0 Å². The minimum absolute atomic E-state index is 0.275. The highest BCUT2D eigenvalue weighted by atomic mass is 32.1. The van der Waals surface area contributed by atoms with Crippen molar-refractivity contribution in [3.8, 4) is 17.2 Å². The zero-order valence-electron chi connectivity index (χ0n) is 27.2. The Morgan fingerprint density at radius 3 is 2.37 bits per heavy atom. The van der Waals surface area contributed by atoms with Crippen LogP contribution in [0.1, 0.15) is 103 Å². The van der Waals surface area contributed by atoms with Crippen LogP contribution in [0.5, 0.6) is 0 Å². The lowest BCUT2D eigenvalue weighted by Gasteiger charge is -2.42. The summed E-state index contributed by atoms with van der Waals surface area (Å²) in [5.74, 6) is 0.804. The molecular weight excluding hydrogens is 516 g/mol. The van der Waals surface area contributed by atoms with E-state index in [0.717, 1.165) is 24.0 Å². The SMILES string of the molecule is C=CC(C(CCC)CCCc1cccc(C)c1)C(C)(NC(C)=CC)c1cc(-c2cccc(C#N)c2)cs1.CC.CC. The van der Waals surface area contributed by atoms with Crippen molar-refractivity contribution in [2.24, 2.45) is 11.8 Å². The fraction of sp³-hybridized carbons (Fsp3) is 0.447. The Kier molecular flexibility index (Phi) is 16.7. The van der Waals surface area contributed by atoms with Gasteiger partial charge >= 0.3 is 0 Å². The number of nitriles is 1. The van der Waals surface area contributed by atoms with Crippen molar-refractivity contribution in [2.75, 3.05) is 0 Å². The van der Waals surface area contributed by atoms with Gasteiger partial charge in [-0.15, -0.1) is 17.9 Å². The van der Waals surface area contributed by atoms with Gasteiger partial charge in [-0.3, -0.25) is 0 Å². The predicted molar refractivity (Wildman–Crippen MR) is 183 cm³/mol.